The topological polar surface area (TPSA) is 43.4 Å². The first-order valence-corrected chi connectivity index (χ1v) is 6.67. The zero-order valence-electron chi connectivity index (χ0n) is 11.5. The highest BCUT2D eigenvalue weighted by Crippen LogP contribution is 2.27. The predicted molar refractivity (Wildman–Crippen MR) is 81.0 cm³/mol. The molecule has 4 nitrogen and oxygen atoms in total. The average Bonchev–Trinajstić information content (AvgIpc) is 2.49. The van der Waals surface area contributed by atoms with Crippen molar-refractivity contribution in [3.05, 3.63) is 47.1 Å². The van der Waals surface area contributed by atoms with E-state index in [2.05, 4.69) is 10.3 Å². The molecular weight excluding hydrogens is 276 g/mol. The minimum absolute atomic E-state index is 0.635. The summed E-state index contributed by atoms with van der Waals surface area (Å²) in [4.78, 5) is 4.18. The average molecular weight is 293 g/mol. The highest BCUT2D eigenvalue weighted by molar-refractivity contribution is 6.30. The summed E-state index contributed by atoms with van der Waals surface area (Å²) >= 11 is 5.79. The van der Waals surface area contributed by atoms with Crippen LogP contribution in [0.5, 0.6) is 11.5 Å². The van der Waals surface area contributed by atoms with Crippen LogP contribution in [0.2, 0.25) is 5.02 Å². The van der Waals surface area contributed by atoms with Gasteiger partial charge in [-0.15, -0.1) is 0 Å². The van der Waals surface area contributed by atoms with Crippen LogP contribution in [0.1, 0.15) is 5.56 Å². The zero-order chi connectivity index (χ0) is 14.4. The Morgan fingerprint density at radius 2 is 1.90 bits per heavy atom. The van der Waals surface area contributed by atoms with E-state index in [1.165, 1.54) is 5.56 Å². The van der Waals surface area contributed by atoms with Crippen LogP contribution in [-0.2, 0) is 6.42 Å². The van der Waals surface area contributed by atoms with Crippen LogP contribution < -0.4 is 14.8 Å². The van der Waals surface area contributed by atoms with E-state index >= 15 is 0 Å². The Morgan fingerprint density at radius 3 is 2.55 bits per heavy atom. The molecule has 0 amide bonds. The summed E-state index contributed by atoms with van der Waals surface area (Å²) in [5.74, 6) is 2.30. The Labute approximate surface area is 123 Å². The Balaban J connectivity index is 1.92. The fourth-order valence-corrected chi connectivity index (χ4v) is 1.96. The molecule has 0 aliphatic heterocycles. The van der Waals surface area contributed by atoms with Gasteiger partial charge >= 0.3 is 0 Å². The van der Waals surface area contributed by atoms with Gasteiger partial charge < -0.3 is 14.8 Å². The fourth-order valence-electron chi connectivity index (χ4n) is 1.85. The molecule has 0 radical (unpaired) electrons. The summed E-state index contributed by atoms with van der Waals surface area (Å²) in [6.45, 7) is 0.782. The first-order valence-electron chi connectivity index (χ1n) is 6.29. The Kier molecular flexibility index (Phi) is 5.07. The van der Waals surface area contributed by atoms with E-state index in [1.807, 2.05) is 30.3 Å². The van der Waals surface area contributed by atoms with Crippen molar-refractivity contribution in [1.82, 2.24) is 4.98 Å². The van der Waals surface area contributed by atoms with E-state index in [-0.39, 0.29) is 0 Å². The number of benzene rings is 1. The molecule has 1 aromatic heterocycles. The van der Waals surface area contributed by atoms with E-state index in [1.54, 1.807) is 20.4 Å². The second kappa shape index (κ2) is 7.01. The number of nitrogens with zero attached hydrogens (tertiary/aromatic N) is 1. The number of hydrogen-bond acceptors (Lipinski definition) is 4. The molecule has 0 bridgehead atoms. The van der Waals surface area contributed by atoms with Gasteiger partial charge in [-0.25, -0.2) is 4.98 Å². The summed E-state index contributed by atoms with van der Waals surface area (Å²) in [6, 6.07) is 9.59. The van der Waals surface area contributed by atoms with Crippen molar-refractivity contribution in [2.75, 3.05) is 26.1 Å². The van der Waals surface area contributed by atoms with Gasteiger partial charge in [0.1, 0.15) is 5.82 Å². The van der Waals surface area contributed by atoms with Gasteiger partial charge in [0.25, 0.3) is 0 Å². The number of aromatic nitrogens is 1. The Hall–Kier alpha value is -1.94. The van der Waals surface area contributed by atoms with Crippen LogP contribution in [0.25, 0.3) is 0 Å². The monoisotopic (exact) mass is 292 g/mol. The highest BCUT2D eigenvalue weighted by atomic mass is 35.5. The quantitative estimate of drug-likeness (QED) is 0.886. The molecule has 20 heavy (non-hydrogen) atoms. The highest BCUT2D eigenvalue weighted by Gasteiger charge is 2.04. The fraction of sp³-hybridized carbons (Fsp3) is 0.267. The lowest BCUT2D eigenvalue weighted by atomic mass is 10.1. The number of methoxy groups -OCH3 is 2. The lowest BCUT2D eigenvalue weighted by Crippen LogP contribution is -2.06. The minimum Gasteiger partial charge on any atom is -0.493 e. The molecule has 0 unspecified atom stereocenters. The molecule has 0 aliphatic carbocycles. The largest absolute Gasteiger partial charge is 0.493 e. The lowest BCUT2D eigenvalue weighted by Gasteiger charge is -2.10. The number of hydrogen-bond donors (Lipinski definition) is 1. The standard InChI is InChI=1S/C15H17ClN2O2/c1-19-13-5-3-11(9-14(13)20-2)7-8-17-15-6-4-12(16)10-18-15/h3-6,9-10H,7-8H2,1-2H3,(H,17,18). The van der Waals surface area contributed by atoms with Gasteiger partial charge in [0.2, 0.25) is 0 Å². The van der Waals surface area contributed by atoms with Gasteiger partial charge in [-0.2, -0.15) is 0 Å². The summed E-state index contributed by atoms with van der Waals surface area (Å²) in [7, 11) is 3.27. The molecule has 1 heterocycles. The van der Waals surface area contributed by atoms with E-state index in [0.29, 0.717) is 5.02 Å². The van der Waals surface area contributed by atoms with Gasteiger partial charge in [-0.1, -0.05) is 17.7 Å². The maximum absolute atomic E-state index is 5.79. The van der Waals surface area contributed by atoms with Crippen LogP contribution >= 0.6 is 11.6 Å². The summed E-state index contributed by atoms with van der Waals surface area (Å²) < 4.78 is 10.5. The first kappa shape index (κ1) is 14.5. The lowest BCUT2D eigenvalue weighted by molar-refractivity contribution is 0.354. The van der Waals surface area contributed by atoms with Crippen LogP contribution in [0.4, 0.5) is 5.82 Å². The van der Waals surface area contributed by atoms with Gasteiger partial charge in [0.15, 0.2) is 11.5 Å². The van der Waals surface area contributed by atoms with Crippen molar-refractivity contribution in [2.45, 2.75) is 6.42 Å². The van der Waals surface area contributed by atoms with Crippen molar-refractivity contribution in [3.63, 3.8) is 0 Å². The number of ether oxygens (including phenoxy) is 2. The maximum atomic E-state index is 5.79. The number of nitrogens with one attached hydrogen (secondary N) is 1. The molecule has 0 spiro atoms. The van der Waals surface area contributed by atoms with Gasteiger partial charge in [0.05, 0.1) is 19.2 Å². The molecule has 2 rings (SSSR count). The molecule has 2 aromatic rings. The third-order valence-electron chi connectivity index (χ3n) is 2.90. The van der Waals surface area contributed by atoms with Crippen LogP contribution in [-0.4, -0.2) is 25.7 Å². The molecule has 0 saturated heterocycles. The Morgan fingerprint density at radius 1 is 1.10 bits per heavy atom. The van der Waals surface area contributed by atoms with E-state index < -0.39 is 0 Å². The smallest absolute Gasteiger partial charge is 0.160 e. The van der Waals surface area contributed by atoms with Gasteiger partial charge in [-0.3, -0.25) is 0 Å². The van der Waals surface area contributed by atoms with E-state index in [4.69, 9.17) is 21.1 Å². The van der Waals surface area contributed by atoms with E-state index in [0.717, 1.165) is 30.3 Å². The van der Waals surface area contributed by atoms with Crippen molar-refractivity contribution >= 4 is 17.4 Å². The molecule has 0 saturated carbocycles. The van der Waals surface area contributed by atoms with Crippen LogP contribution in [0, 0.1) is 0 Å². The van der Waals surface area contributed by atoms with Gasteiger partial charge in [0, 0.05) is 12.7 Å². The predicted octanol–water partition coefficient (Wildman–Crippen LogP) is 3.41. The third-order valence-corrected chi connectivity index (χ3v) is 3.12. The molecule has 0 fully saturated rings. The van der Waals surface area contributed by atoms with Crippen LogP contribution in [0.3, 0.4) is 0 Å². The van der Waals surface area contributed by atoms with Crippen molar-refractivity contribution in [3.8, 4) is 11.5 Å². The third kappa shape index (κ3) is 3.78. The van der Waals surface area contributed by atoms with E-state index in [9.17, 15) is 0 Å². The molecule has 0 aliphatic rings. The maximum Gasteiger partial charge on any atom is 0.160 e. The number of pyridine rings is 1. The number of anilines is 1. The second-order valence-corrected chi connectivity index (χ2v) is 4.66. The summed E-state index contributed by atoms with van der Waals surface area (Å²) in [5.41, 5.74) is 1.17. The Bertz CT molecular complexity index is 558. The summed E-state index contributed by atoms with van der Waals surface area (Å²) in [6.07, 6.45) is 2.49. The van der Waals surface area contributed by atoms with Gasteiger partial charge in [-0.05, 0) is 36.2 Å². The van der Waals surface area contributed by atoms with Crippen molar-refractivity contribution < 1.29 is 9.47 Å². The van der Waals surface area contributed by atoms with Crippen LogP contribution in [0.15, 0.2) is 36.5 Å². The first-order chi connectivity index (χ1) is 9.72. The number of halogens is 1. The SMILES string of the molecule is COc1ccc(CCNc2ccc(Cl)cn2)cc1OC. The van der Waals surface area contributed by atoms with Crippen molar-refractivity contribution in [2.24, 2.45) is 0 Å². The second-order valence-electron chi connectivity index (χ2n) is 4.23. The minimum atomic E-state index is 0.635. The molecule has 1 N–H and O–H groups in total. The molecular formula is C15H17ClN2O2. The molecule has 1 aromatic carbocycles. The normalized spacial score (nSPS) is 10.2. The van der Waals surface area contributed by atoms with Crippen molar-refractivity contribution in [1.29, 1.82) is 0 Å². The molecule has 0 atom stereocenters. The molecule has 5 heteroatoms. The molecule has 106 valence electrons. The zero-order valence-corrected chi connectivity index (χ0v) is 12.3. The summed E-state index contributed by atoms with van der Waals surface area (Å²) in [5, 5.41) is 3.88. The number of rotatable bonds is 6.